The first-order valence-corrected chi connectivity index (χ1v) is 30.3. The molecule has 0 atom stereocenters. The van der Waals surface area contributed by atoms with Gasteiger partial charge in [-0.1, -0.05) is 58.2 Å². The van der Waals surface area contributed by atoms with Crippen LogP contribution in [0.25, 0.3) is 0 Å². The Morgan fingerprint density at radius 1 is 0.590 bits per heavy atom. The summed E-state index contributed by atoms with van der Waals surface area (Å²) in [5.41, 5.74) is 0.315. The first kappa shape index (κ1) is 79.5. The van der Waals surface area contributed by atoms with E-state index in [1.807, 2.05) is 88.1 Å². The van der Waals surface area contributed by atoms with Crippen LogP contribution in [0.15, 0.2) is 94.7 Å². The summed E-state index contributed by atoms with van der Waals surface area (Å²) in [5, 5.41) is 16.5. The number of aromatic hydroxyl groups is 1. The van der Waals surface area contributed by atoms with E-state index in [-0.39, 0.29) is 30.0 Å². The van der Waals surface area contributed by atoms with E-state index in [4.69, 9.17) is 62.3 Å². The van der Waals surface area contributed by atoms with Gasteiger partial charge in [0.1, 0.15) is 23.0 Å². The summed E-state index contributed by atoms with van der Waals surface area (Å²) in [6.45, 7) is 29.6. The lowest BCUT2D eigenvalue weighted by atomic mass is 10.1. The van der Waals surface area contributed by atoms with Crippen LogP contribution in [0.3, 0.4) is 0 Å². The third-order valence-corrected chi connectivity index (χ3v) is 10.1. The van der Waals surface area contributed by atoms with Gasteiger partial charge in [-0.05, 0) is 180 Å². The molecule has 0 aliphatic rings. The molecule has 0 saturated heterocycles. The van der Waals surface area contributed by atoms with Crippen LogP contribution in [0.5, 0.6) is 23.0 Å². The van der Waals surface area contributed by atoms with Gasteiger partial charge in [-0.3, -0.25) is 9.44 Å². The molecular weight excluding hydrogens is 1180 g/mol. The van der Waals surface area contributed by atoms with E-state index in [0.717, 1.165) is 21.6 Å². The average molecular weight is 1260 g/mol. The van der Waals surface area contributed by atoms with Crippen LogP contribution in [-0.4, -0.2) is 105 Å². The summed E-state index contributed by atoms with van der Waals surface area (Å²) in [5.74, 6) is 5.25. The molecule has 0 fully saturated rings. The number of ether oxygens (including phenoxy) is 6. The number of aliphatic hydroxyl groups excluding tert-OH is 1. The van der Waals surface area contributed by atoms with Crippen molar-refractivity contribution in [2.75, 3.05) is 38.9 Å². The molecule has 0 radical (unpaired) electrons. The number of phenolic OH excluding ortho intramolecular Hbond substituents is 1. The molecule has 0 amide bonds. The van der Waals surface area contributed by atoms with E-state index in [1.54, 1.807) is 95.2 Å². The minimum Gasteiger partial charge on any atom is -0.508 e. The summed E-state index contributed by atoms with van der Waals surface area (Å²) in [7, 11) is 1.34. The molecule has 4 aromatic carbocycles. The third-order valence-electron chi connectivity index (χ3n) is 8.51. The van der Waals surface area contributed by atoms with Crippen molar-refractivity contribution in [1.82, 2.24) is 0 Å². The molecule has 0 aliphatic heterocycles. The van der Waals surface area contributed by atoms with Gasteiger partial charge in [0.2, 0.25) is 0 Å². The Labute approximate surface area is 485 Å². The molecule has 18 nitrogen and oxygen atoms in total. The molecule has 78 heavy (non-hydrogen) atoms. The van der Waals surface area contributed by atoms with Gasteiger partial charge in [0, 0.05) is 39.8 Å². The summed E-state index contributed by atoms with van der Waals surface area (Å²) in [4.78, 5) is 44.6. The number of phenols is 1. The smallest absolute Gasteiger partial charge is 0.353 e. The van der Waals surface area contributed by atoms with Gasteiger partial charge in [0.15, 0.2) is 22.9 Å². The number of benzene rings is 4. The third kappa shape index (κ3) is 38.6. The molecule has 24 heteroatoms. The Balaban J connectivity index is -0.000000435. The molecule has 4 aromatic rings. The molecule has 4 rings (SSSR count). The molecular formula is C54H79BrCl2O18S3. The minimum atomic E-state index is -4.19. The van der Waals surface area contributed by atoms with Crippen molar-refractivity contribution in [2.24, 2.45) is 0 Å². The lowest BCUT2D eigenvalue weighted by molar-refractivity contribution is -0.232. The second-order valence-corrected chi connectivity index (χ2v) is 21.5. The highest BCUT2D eigenvalue weighted by atomic mass is 79.9. The number of para-hydroxylation sites is 2. The largest absolute Gasteiger partial charge is 0.508 e. The van der Waals surface area contributed by atoms with Crippen molar-refractivity contribution in [2.45, 2.75) is 137 Å². The summed E-state index contributed by atoms with van der Waals surface area (Å²) >= 11 is 7.18. The Morgan fingerprint density at radius 3 is 1.23 bits per heavy atom. The average Bonchev–Trinajstić information content (AvgIpc) is 3.33. The summed E-state index contributed by atoms with van der Waals surface area (Å²) in [6, 6.07) is 24.5. The zero-order valence-corrected chi connectivity index (χ0v) is 53.1. The highest BCUT2D eigenvalue weighted by Crippen LogP contribution is 2.29. The first-order chi connectivity index (χ1) is 36.0. The number of carbonyl (C=O) groups excluding carboxylic acids is 3. The maximum Gasteiger partial charge on any atom is 0.353 e. The van der Waals surface area contributed by atoms with Crippen LogP contribution in [0.1, 0.15) is 105 Å². The van der Waals surface area contributed by atoms with Crippen LogP contribution < -0.4 is 14.2 Å². The van der Waals surface area contributed by atoms with Gasteiger partial charge < -0.3 is 38.6 Å². The van der Waals surface area contributed by atoms with Crippen LogP contribution in [0.4, 0.5) is 0 Å². The Bertz CT molecular complexity index is 2630. The second-order valence-electron chi connectivity index (χ2n) is 16.4. The van der Waals surface area contributed by atoms with E-state index in [0.29, 0.717) is 48.4 Å². The second kappa shape index (κ2) is 42.0. The topological polar surface area (TPSA) is 254 Å². The van der Waals surface area contributed by atoms with Crippen molar-refractivity contribution in [3.63, 3.8) is 0 Å². The van der Waals surface area contributed by atoms with E-state index < -0.39 is 41.2 Å². The summed E-state index contributed by atoms with van der Waals surface area (Å²) < 4.78 is 79.4. The molecule has 0 bridgehead atoms. The first-order valence-electron chi connectivity index (χ1n) is 23.6. The van der Waals surface area contributed by atoms with Crippen LogP contribution in [-0.2, 0) is 56.8 Å². The molecule has 442 valence electrons. The van der Waals surface area contributed by atoms with Gasteiger partial charge in [0.05, 0.1) is 31.3 Å². The molecule has 0 aliphatic carbocycles. The van der Waals surface area contributed by atoms with E-state index in [2.05, 4.69) is 61.0 Å². The standard InChI is InChI=1S/C13H17ClO5S.C13H18O3S.C13H18O3.C7H8O.C5H8O2.C2H6O.CH3Br.ClHO3S/c1-5-18-12(15)13(3,4)19-11-7-6-10(8-9(11)2)20(14,16)17;1-5-15-12(14)13(3,4)16-11-7-6-10(17)8-9(11)2;1-5-15-12(14)13(3,4)16-11-9-7-6-8-10(11)2;1-6-4-2-3-5-7(6)8;1-3-5-7-6-4-2;1-2-3;1-2;1-5(2,3)4/h6-8H,5H2,1-4H3;6-8,17H,5H2,1-4H3;6-9H,5H2,1-4H3;2-5,8H,1H3;4H2,1-2H3;3H,2H2,1H3;1H3;(H,2,3,4). The van der Waals surface area contributed by atoms with Gasteiger partial charge in [-0.25, -0.2) is 22.8 Å². The number of halogens is 3. The normalized spacial score (nSPS) is 10.3. The molecule has 0 saturated carbocycles. The number of hydrogen-bond acceptors (Lipinski definition) is 18. The van der Waals surface area contributed by atoms with Crippen molar-refractivity contribution in [3.05, 3.63) is 107 Å². The number of alkyl halides is 1. The van der Waals surface area contributed by atoms with Crippen molar-refractivity contribution in [3.8, 4) is 35.0 Å². The number of rotatable bonds is 15. The Kier molecular flexibility index (Phi) is 42.8. The molecule has 0 spiro atoms. The highest BCUT2D eigenvalue weighted by Gasteiger charge is 2.34. The Morgan fingerprint density at radius 2 is 0.936 bits per heavy atom. The Hall–Kier alpha value is -4.96. The fourth-order valence-electron chi connectivity index (χ4n) is 4.86. The highest BCUT2D eigenvalue weighted by molar-refractivity contribution is 9.08. The maximum atomic E-state index is 11.7. The predicted octanol–water partition coefficient (Wildman–Crippen LogP) is 12.0. The number of carbonyl (C=O) groups is 3. The van der Waals surface area contributed by atoms with Crippen LogP contribution in [0, 0.1) is 39.7 Å². The maximum absolute atomic E-state index is 11.7. The monoisotopic (exact) mass is 1260 g/mol. The number of aliphatic hydroxyl groups is 1. The molecule has 0 heterocycles. The van der Waals surface area contributed by atoms with E-state index in [9.17, 15) is 22.8 Å². The van der Waals surface area contributed by atoms with E-state index in [1.165, 1.54) is 18.2 Å². The lowest BCUT2D eigenvalue weighted by Gasteiger charge is -2.25. The van der Waals surface area contributed by atoms with Crippen LogP contribution in [0.2, 0.25) is 0 Å². The van der Waals surface area contributed by atoms with Gasteiger partial charge >= 0.3 is 27.2 Å². The minimum absolute atomic E-state index is 0.0158. The molecule has 0 aromatic heterocycles. The quantitative estimate of drug-likeness (QED) is 0.00824. The zero-order valence-electron chi connectivity index (χ0n) is 47.5. The van der Waals surface area contributed by atoms with Crippen molar-refractivity contribution in [1.29, 1.82) is 0 Å². The number of hydrogen-bond donors (Lipinski definition) is 4. The van der Waals surface area contributed by atoms with Crippen LogP contribution >= 0.6 is 49.9 Å². The van der Waals surface area contributed by atoms with Crippen molar-refractivity contribution < 1.29 is 84.2 Å². The SMILES string of the molecule is CBr.CC#COOCC.CCO.CCOC(=O)C(C)(C)Oc1ccc(S(=O)(=O)Cl)cc1C.CCOC(=O)C(C)(C)Oc1ccc(S)cc1C.CCOC(=O)C(C)(C)Oc1ccccc1C.Cc1ccccc1O.O=S(=O)(O)Cl. The number of thiol groups is 1. The fourth-order valence-corrected chi connectivity index (χ4v) is 5.97. The number of aryl methyl sites for hydroxylation is 4. The molecule has 3 N–H and O–H groups in total. The fraction of sp³-hybridized carbons (Fsp3) is 0.463. The summed E-state index contributed by atoms with van der Waals surface area (Å²) in [6.07, 6.45) is 2.28. The van der Waals surface area contributed by atoms with Gasteiger partial charge in [-0.15, -0.1) is 12.6 Å². The van der Waals surface area contributed by atoms with Gasteiger partial charge in [0.25, 0.3) is 9.05 Å². The zero-order chi connectivity index (χ0) is 61.5. The van der Waals surface area contributed by atoms with E-state index >= 15 is 0 Å². The van der Waals surface area contributed by atoms with Gasteiger partial charge in [-0.2, -0.15) is 13.3 Å². The predicted molar refractivity (Wildman–Crippen MR) is 312 cm³/mol. The lowest BCUT2D eigenvalue weighted by Crippen LogP contribution is -2.39. The molecule has 0 unspecified atom stereocenters. The van der Waals surface area contributed by atoms with Crippen molar-refractivity contribution >= 4 is 86.2 Å². The number of esters is 3.